The van der Waals surface area contributed by atoms with E-state index >= 15 is 0 Å². The van der Waals surface area contributed by atoms with Gasteiger partial charge in [-0.25, -0.2) is 9.37 Å². The first-order valence-electron chi connectivity index (χ1n) is 8.58. The van der Waals surface area contributed by atoms with E-state index in [1.165, 1.54) is 12.1 Å². The summed E-state index contributed by atoms with van der Waals surface area (Å²) in [7, 11) is 3.60. The number of rotatable bonds is 5. The molecule has 0 saturated carbocycles. The van der Waals surface area contributed by atoms with Gasteiger partial charge in [-0.3, -0.25) is 4.98 Å². The average Bonchev–Trinajstić information content (AvgIpc) is 3.11. The number of methoxy groups -OCH3 is 1. The number of nitrogens with one attached hydrogen (secondary N) is 1. The predicted molar refractivity (Wildman–Crippen MR) is 103 cm³/mol. The molecule has 2 aromatic heterocycles. The molecule has 2 heterocycles. The fourth-order valence-electron chi connectivity index (χ4n) is 3.24. The van der Waals surface area contributed by atoms with Crippen LogP contribution in [0.3, 0.4) is 0 Å². The van der Waals surface area contributed by atoms with Gasteiger partial charge in [0.25, 0.3) is 0 Å². The van der Waals surface area contributed by atoms with Gasteiger partial charge in [0, 0.05) is 48.3 Å². The van der Waals surface area contributed by atoms with Crippen molar-refractivity contribution < 1.29 is 9.13 Å². The lowest BCUT2D eigenvalue weighted by molar-refractivity contribution is 0.408. The first-order chi connectivity index (χ1) is 13.2. The van der Waals surface area contributed by atoms with Crippen LogP contribution in [0, 0.1) is 5.82 Å². The van der Waals surface area contributed by atoms with Gasteiger partial charge in [-0.2, -0.15) is 0 Å². The second kappa shape index (κ2) is 7.07. The van der Waals surface area contributed by atoms with E-state index in [-0.39, 0.29) is 11.9 Å². The number of halogens is 1. The second-order valence-electron chi connectivity index (χ2n) is 6.24. The highest BCUT2D eigenvalue weighted by molar-refractivity contribution is 5.91. The van der Waals surface area contributed by atoms with E-state index in [9.17, 15) is 4.39 Å². The number of benzene rings is 2. The summed E-state index contributed by atoms with van der Waals surface area (Å²) in [6, 6.07) is 14.1. The largest absolute Gasteiger partial charge is 0.496 e. The van der Waals surface area contributed by atoms with Crippen LogP contribution in [0.25, 0.3) is 10.9 Å². The summed E-state index contributed by atoms with van der Waals surface area (Å²) >= 11 is 0. The SMILES string of the molecule is COc1ccccc1C(Nc1ccnc2cc(F)ccc12)c1nccn1C. The Labute approximate surface area is 156 Å². The number of ether oxygens (including phenoxy) is 1. The van der Waals surface area contributed by atoms with Crippen LogP contribution in [0.2, 0.25) is 0 Å². The number of nitrogens with zero attached hydrogens (tertiary/aromatic N) is 3. The molecule has 1 atom stereocenters. The third kappa shape index (κ3) is 3.21. The van der Waals surface area contributed by atoms with Crippen LogP contribution in [0.1, 0.15) is 17.4 Å². The van der Waals surface area contributed by atoms with Crippen LogP contribution in [0.4, 0.5) is 10.1 Å². The van der Waals surface area contributed by atoms with Crippen molar-refractivity contribution >= 4 is 16.6 Å². The summed E-state index contributed by atoms with van der Waals surface area (Å²) in [5.41, 5.74) is 2.40. The Morgan fingerprint density at radius 3 is 2.70 bits per heavy atom. The van der Waals surface area contributed by atoms with E-state index < -0.39 is 0 Å². The van der Waals surface area contributed by atoms with Crippen molar-refractivity contribution in [2.24, 2.45) is 7.05 Å². The highest BCUT2D eigenvalue weighted by Crippen LogP contribution is 2.34. The molecule has 1 N–H and O–H groups in total. The molecular weight excluding hydrogens is 343 g/mol. The summed E-state index contributed by atoms with van der Waals surface area (Å²) in [5, 5.41) is 4.39. The molecule has 6 heteroatoms. The second-order valence-corrected chi connectivity index (χ2v) is 6.24. The Bertz CT molecular complexity index is 1090. The lowest BCUT2D eigenvalue weighted by Gasteiger charge is -2.23. The summed E-state index contributed by atoms with van der Waals surface area (Å²) < 4.78 is 21.1. The number of anilines is 1. The normalized spacial score (nSPS) is 12.1. The topological polar surface area (TPSA) is 52.0 Å². The minimum absolute atomic E-state index is 0.253. The Hall–Kier alpha value is -3.41. The van der Waals surface area contributed by atoms with Gasteiger partial charge in [0.1, 0.15) is 23.4 Å². The maximum Gasteiger partial charge on any atom is 0.135 e. The number of hydrogen-bond donors (Lipinski definition) is 1. The molecule has 0 fully saturated rings. The van der Waals surface area contributed by atoms with Gasteiger partial charge >= 0.3 is 0 Å². The molecule has 5 nitrogen and oxygen atoms in total. The van der Waals surface area contributed by atoms with E-state index in [1.807, 2.05) is 48.1 Å². The molecule has 4 aromatic rings. The summed E-state index contributed by atoms with van der Waals surface area (Å²) in [6.07, 6.45) is 5.33. The first kappa shape index (κ1) is 17.0. The zero-order valence-electron chi connectivity index (χ0n) is 15.1. The molecule has 0 aliphatic carbocycles. The standard InChI is InChI=1S/C21H19FN4O/c1-26-12-11-24-21(26)20(16-5-3-4-6-19(16)27-2)25-17-9-10-23-18-13-14(22)7-8-15(17)18/h3-13,20H,1-2H3,(H,23,25). The molecule has 0 bridgehead atoms. The number of imidazole rings is 1. The average molecular weight is 362 g/mol. The molecule has 27 heavy (non-hydrogen) atoms. The maximum atomic E-state index is 13.6. The third-order valence-electron chi connectivity index (χ3n) is 4.57. The molecule has 0 spiro atoms. The van der Waals surface area contributed by atoms with E-state index in [0.29, 0.717) is 5.52 Å². The van der Waals surface area contributed by atoms with E-state index in [1.54, 1.807) is 25.6 Å². The van der Waals surface area contributed by atoms with Gasteiger partial charge in [-0.15, -0.1) is 0 Å². The fourth-order valence-corrected chi connectivity index (χ4v) is 3.24. The molecule has 1 unspecified atom stereocenters. The smallest absolute Gasteiger partial charge is 0.135 e. The number of aromatic nitrogens is 3. The zero-order chi connectivity index (χ0) is 18.8. The Kier molecular flexibility index (Phi) is 4.46. The monoisotopic (exact) mass is 362 g/mol. The van der Waals surface area contributed by atoms with E-state index in [2.05, 4.69) is 15.3 Å². The van der Waals surface area contributed by atoms with E-state index in [0.717, 1.165) is 28.2 Å². The van der Waals surface area contributed by atoms with Crippen LogP contribution in [0.15, 0.2) is 67.1 Å². The molecule has 0 aliphatic rings. The van der Waals surface area contributed by atoms with E-state index in [4.69, 9.17) is 4.74 Å². The number of para-hydroxylation sites is 1. The molecule has 2 aromatic carbocycles. The number of hydrogen-bond acceptors (Lipinski definition) is 4. The van der Waals surface area contributed by atoms with Crippen LogP contribution < -0.4 is 10.1 Å². The molecule has 0 aliphatic heterocycles. The Morgan fingerprint density at radius 2 is 1.93 bits per heavy atom. The first-order valence-corrected chi connectivity index (χ1v) is 8.58. The molecule has 0 amide bonds. The zero-order valence-corrected chi connectivity index (χ0v) is 15.1. The van der Waals surface area contributed by atoms with Crippen LogP contribution in [0.5, 0.6) is 5.75 Å². The molecule has 136 valence electrons. The van der Waals surface area contributed by atoms with Gasteiger partial charge in [0.2, 0.25) is 0 Å². The van der Waals surface area contributed by atoms with Crippen LogP contribution >= 0.6 is 0 Å². The maximum absolute atomic E-state index is 13.6. The van der Waals surface area contributed by atoms with Gasteiger partial charge < -0.3 is 14.6 Å². The summed E-state index contributed by atoms with van der Waals surface area (Å²) in [6.45, 7) is 0. The minimum Gasteiger partial charge on any atom is -0.496 e. The molecular formula is C21H19FN4O. The molecule has 4 rings (SSSR count). The lowest BCUT2D eigenvalue weighted by Crippen LogP contribution is -2.17. The quantitative estimate of drug-likeness (QED) is 0.575. The summed E-state index contributed by atoms with van der Waals surface area (Å²) in [4.78, 5) is 8.80. The molecule has 0 saturated heterocycles. The van der Waals surface area contributed by atoms with Crippen molar-refractivity contribution in [3.63, 3.8) is 0 Å². The van der Waals surface area contributed by atoms with Crippen molar-refractivity contribution in [3.05, 3.63) is 84.3 Å². The molecule has 0 radical (unpaired) electrons. The number of fused-ring (bicyclic) bond motifs is 1. The number of aryl methyl sites for hydroxylation is 1. The predicted octanol–water partition coefficient (Wildman–Crippen LogP) is 4.32. The van der Waals surface area contributed by atoms with Crippen molar-refractivity contribution in [2.75, 3.05) is 12.4 Å². The lowest BCUT2D eigenvalue weighted by atomic mass is 10.0. The number of pyridine rings is 1. The van der Waals surface area contributed by atoms with Crippen molar-refractivity contribution in [3.8, 4) is 5.75 Å². The van der Waals surface area contributed by atoms with Gasteiger partial charge in [0.05, 0.1) is 12.6 Å². The Balaban J connectivity index is 1.85. The highest BCUT2D eigenvalue weighted by atomic mass is 19.1. The Morgan fingerprint density at radius 1 is 1.07 bits per heavy atom. The fraction of sp³-hybridized carbons (Fsp3) is 0.143. The van der Waals surface area contributed by atoms with Crippen LogP contribution in [-0.2, 0) is 7.05 Å². The van der Waals surface area contributed by atoms with Crippen molar-refractivity contribution in [1.82, 2.24) is 14.5 Å². The third-order valence-corrected chi connectivity index (χ3v) is 4.57. The van der Waals surface area contributed by atoms with Gasteiger partial charge in [-0.05, 0) is 24.3 Å². The van der Waals surface area contributed by atoms with Gasteiger partial charge in [0.15, 0.2) is 0 Å². The highest BCUT2D eigenvalue weighted by Gasteiger charge is 2.22. The van der Waals surface area contributed by atoms with Crippen molar-refractivity contribution in [2.45, 2.75) is 6.04 Å². The van der Waals surface area contributed by atoms with Crippen LogP contribution in [-0.4, -0.2) is 21.6 Å². The summed E-state index contributed by atoms with van der Waals surface area (Å²) in [5.74, 6) is 1.30. The van der Waals surface area contributed by atoms with Gasteiger partial charge in [-0.1, -0.05) is 18.2 Å². The minimum atomic E-state index is -0.308. The van der Waals surface area contributed by atoms with Crippen molar-refractivity contribution in [1.29, 1.82) is 0 Å².